The molecule has 0 aliphatic heterocycles. The van der Waals surface area contributed by atoms with Gasteiger partial charge in [0.15, 0.2) is 0 Å². The number of pyridine rings is 1. The number of hydrogen-bond donors (Lipinski definition) is 2. The second kappa shape index (κ2) is 6.25. The van der Waals surface area contributed by atoms with E-state index in [4.69, 9.17) is 4.84 Å². The van der Waals surface area contributed by atoms with Crippen LogP contribution in [0.25, 0.3) is 0 Å². The first-order chi connectivity index (χ1) is 10.7. The molecule has 0 radical (unpaired) electrons. The Balaban J connectivity index is 1.86. The Hall–Kier alpha value is -2.24. The minimum Gasteiger partial charge on any atom is -0.399 e. The summed E-state index contributed by atoms with van der Waals surface area (Å²) in [7, 11) is 1.54. The molecule has 2 aromatic rings. The molecule has 3 rings (SSSR count). The van der Waals surface area contributed by atoms with Crippen molar-refractivity contribution in [1.82, 2.24) is 4.98 Å². The summed E-state index contributed by atoms with van der Waals surface area (Å²) in [6, 6.07) is 9.08. The van der Waals surface area contributed by atoms with E-state index in [0.29, 0.717) is 11.1 Å². The maximum absolute atomic E-state index is 10.4. The summed E-state index contributed by atoms with van der Waals surface area (Å²) >= 11 is 0. The Morgan fingerprint density at radius 1 is 1.05 bits per heavy atom. The lowest BCUT2D eigenvalue weighted by Crippen LogP contribution is -2.11. The highest BCUT2D eigenvalue weighted by molar-refractivity contribution is 6.04. The summed E-state index contributed by atoms with van der Waals surface area (Å²) in [5.41, 5.74) is 4.44. The van der Waals surface area contributed by atoms with Crippen molar-refractivity contribution in [2.24, 2.45) is 5.16 Å². The molecule has 0 bridgehead atoms. The van der Waals surface area contributed by atoms with Crippen LogP contribution in [0.1, 0.15) is 40.9 Å². The molecule has 1 aromatic carbocycles. The average Bonchev–Trinajstić information content (AvgIpc) is 2.97. The molecule has 5 heteroatoms. The van der Waals surface area contributed by atoms with Gasteiger partial charge in [-0.15, -0.1) is 0 Å². The van der Waals surface area contributed by atoms with Crippen molar-refractivity contribution in [3.05, 3.63) is 65.0 Å². The van der Waals surface area contributed by atoms with E-state index in [1.165, 1.54) is 7.11 Å². The zero-order valence-corrected chi connectivity index (χ0v) is 12.3. The van der Waals surface area contributed by atoms with Crippen molar-refractivity contribution in [2.75, 3.05) is 7.11 Å². The highest BCUT2D eigenvalue weighted by Gasteiger charge is 2.24. The van der Waals surface area contributed by atoms with Crippen LogP contribution < -0.4 is 0 Å². The molecule has 2 atom stereocenters. The van der Waals surface area contributed by atoms with Crippen molar-refractivity contribution >= 4 is 5.71 Å². The summed E-state index contributed by atoms with van der Waals surface area (Å²) in [5, 5.41) is 24.7. The lowest BCUT2D eigenvalue weighted by Gasteiger charge is -2.19. The number of aliphatic hydroxyl groups excluding tert-OH is 2. The lowest BCUT2D eigenvalue weighted by atomic mass is 9.96. The van der Waals surface area contributed by atoms with E-state index in [1.54, 1.807) is 24.5 Å². The van der Waals surface area contributed by atoms with E-state index in [0.717, 1.165) is 29.7 Å². The van der Waals surface area contributed by atoms with Gasteiger partial charge in [0, 0.05) is 18.0 Å². The third-order valence-electron chi connectivity index (χ3n) is 3.96. The van der Waals surface area contributed by atoms with Gasteiger partial charge in [-0.1, -0.05) is 23.4 Å². The van der Waals surface area contributed by atoms with Crippen LogP contribution in [-0.4, -0.2) is 28.0 Å². The first kappa shape index (κ1) is 14.7. The van der Waals surface area contributed by atoms with Crippen molar-refractivity contribution in [3.8, 4) is 0 Å². The standard InChI is InChI=1S/C17H18N2O3/c1-22-19-15-5-3-12-10-13(2-4-14(12)15)17(21)16(20)11-6-8-18-9-7-11/h2,4,6-10,16-17,20-21H,3,5H2,1H3/t16-,17-/m1/s1. The van der Waals surface area contributed by atoms with Crippen LogP contribution in [0.4, 0.5) is 0 Å². The summed E-state index contributed by atoms with van der Waals surface area (Å²) < 4.78 is 0. The molecule has 0 saturated heterocycles. The Morgan fingerprint density at radius 3 is 2.50 bits per heavy atom. The first-order valence-corrected chi connectivity index (χ1v) is 7.20. The molecule has 1 aliphatic carbocycles. The van der Waals surface area contributed by atoms with Gasteiger partial charge in [-0.25, -0.2) is 0 Å². The summed E-state index contributed by atoms with van der Waals surface area (Å²) in [6.07, 6.45) is 2.94. The molecule has 0 spiro atoms. The number of rotatable bonds is 4. The van der Waals surface area contributed by atoms with Gasteiger partial charge in [0.2, 0.25) is 0 Å². The van der Waals surface area contributed by atoms with Gasteiger partial charge in [-0.3, -0.25) is 4.98 Å². The van der Waals surface area contributed by atoms with Gasteiger partial charge >= 0.3 is 0 Å². The molecule has 22 heavy (non-hydrogen) atoms. The van der Waals surface area contributed by atoms with E-state index in [9.17, 15) is 10.2 Å². The SMILES string of the molecule is CON=C1CCc2cc([C@@H](O)[C@H](O)c3ccncc3)ccc21. The van der Waals surface area contributed by atoms with Crippen LogP contribution in [0.2, 0.25) is 0 Å². The molecular weight excluding hydrogens is 280 g/mol. The quantitative estimate of drug-likeness (QED) is 0.848. The number of hydrogen-bond acceptors (Lipinski definition) is 5. The molecule has 0 amide bonds. The predicted octanol–water partition coefficient (Wildman–Crippen LogP) is 2.15. The zero-order chi connectivity index (χ0) is 15.5. The number of oxime groups is 1. The van der Waals surface area contributed by atoms with Crippen LogP contribution in [0.5, 0.6) is 0 Å². The fraction of sp³-hybridized carbons (Fsp3) is 0.294. The van der Waals surface area contributed by atoms with Crippen LogP contribution in [-0.2, 0) is 11.3 Å². The number of aliphatic hydroxyl groups is 2. The highest BCUT2D eigenvalue weighted by atomic mass is 16.6. The van der Waals surface area contributed by atoms with Gasteiger partial charge in [0.05, 0.1) is 5.71 Å². The molecule has 5 nitrogen and oxygen atoms in total. The molecule has 0 fully saturated rings. The zero-order valence-electron chi connectivity index (χ0n) is 12.3. The fourth-order valence-electron chi connectivity index (χ4n) is 2.80. The van der Waals surface area contributed by atoms with Crippen LogP contribution in [0, 0.1) is 0 Å². The topological polar surface area (TPSA) is 74.9 Å². The average molecular weight is 298 g/mol. The Kier molecular flexibility index (Phi) is 4.18. The molecule has 0 unspecified atom stereocenters. The summed E-state index contributed by atoms with van der Waals surface area (Å²) in [4.78, 5) is 8.76. The van der Waals surface area contributed by atoms with Crippen molar-refractivity contribution in [1.29, 1.82) is 0 Å². The van der Waals surface area contributed by atoms with E-state index in [1.807, 2.05) is 18.2 Å². The maximum Gasteiger partial charge on any atom is 0.109 e. The second-order valence-corrected chi connectivity index (χ2v) is 5.31. The van der Waals surface area contributed by atoms with Gasteiger partial charge < -0.3 is 15.1 Å². The van der Waals surface area contributed by atoms with E-state index in [-0.39, 0.29) is 0 Å². The van der Waals surface area contributed by atoms with E-state index in [2.05, 4.69) is 10.1 Å². The fourth-order valence-corrected chi connectivity index (χ4v) is 2.80. The van der Waals surface area contributed by atoms with Crippen molar-refractivity contribution in [2.45, 2.75) is 25.0 Å². The van der Waals surface area contributed by atoms with Gasteiger partial charge in [-0.05, 0) is 41.7 Å². The second-order valence-electron chi connectivity index (χ2n) is 5.31. The third kappa shape index (κ3) is 2.73. The summed E-state index contributed by atoms with van der Waals surface area (Å²) in [6.45, 7) is 0. The van der Waals surface area contributed by atoms with Gasteiger partial charge in [0.25, 0.3) is 0 Å². The van der Waals surface area contributed by atoms with Crippen LogP contribution >= 0.6 is 0 Å². The van der Waals surface area contributed by atoms with E-state index < -0.39 is 12.2 Å². The largest absolute Gasteiger partial charge is 0.399 e. The summed E-state index contributed by atoms with van der Waals surface area (Å²) in [5.74, 6) is 0. The van der Waals surface area contributed by atoms with Crippen molar-refractivity contribution in [3.63, 3.8) is 0 Å². The molecule has 1 aromatic heterocycles. The lowest BCUT2D eigenvalue weighted by molar-refractivity contribution is 0.0171. The molecular formula is C17H18N2O3. The molecule has 0 saturated carbocycles. The third-order valence-corrected chi connectivity index (χ3v) is 3.96. The Morgan fingerprint density at radius 2 is 1.77 bits per heavy atom. The first-order valence-electron chi connectivity index (χ1n) is 7.20. The minimum absolute atomic E-state index is 0.643. The number of benzene rings is 1. The normalized spacial score (nSPS) is 18.0. The van der Waals surface area contributed by atoms with E-state index >= 15 is 0 Å². The smallest absolute Gasteiger partial charge is 0.109 e. The Bertz CT molecular complexity index is 686. The molecule has 114 valence electrons. The minimum atomic E-state index is -0.977. The monoisotopic (exact) mass is 298 g/mol. The molecule has 1 aliphatic rings. The van der Waals surface area contributed by atoms with Crippen LogP contribution in [0.3, 0.4) is 0 Å². The molecule has 1 heterocycles. The maximum atomic E-state index is 10.4. The number of aryl methyl sites for hydroxylation is 1. The predicted molar refractivity (Wildman–Crippen MR) is 82.5 cm³/mol. The highest BCUT2D eigenvalue weighted by Crippen LogP contribution is 2.32. The number of aromatic nitrogens is 1. The van der Waals surface area contributed by atoms with Crippen LogP contribution in [0.15, 0.2) is 47.9 Å². The number of nitrogens with zero attached hydrogens (tertiary/aromatic N) is 2. The van der Waals surface area contributed by atoms with Gasteiger partial charge in [-0.2, -0.15) is 0 Å². The van der Waals surface area contributed by atoms with Crippen molar-refractivity contribution < 1.29 is 15.1 Å². The molecule has 2 N–H and O–H groups in total. The van der Waals surface area contributed by atoms with Gasteiger partial charge in [0.1, 0.15) is 19.3 Å². The number of fused-ring (bicyclic) bond motifs is 1. The Labute approximate surface area is 128 Å².